The van der Waals surface area contributed by atoms with E-state index in [2.05, 4.69) is 344 Å². The molecule has 0 fully saturated rings. The Bertz CT molecular complexity index is 2980. The van der Waals surface area contributed by atoms with Crippen LogP contribution in [0, 0.1) is 0 Å². The van der Waals surface area contributed by atoms with Crippen molar-refractivity contribution in [1.29, 1.82) is 0 Å². The Morgan fingerprint density at radius 3 is 0.753 bits per heavy atom. The van der Waals surface area contributed by atoms with Gasteiger partial charge in [0.25, 0.3) is 0 Å². The average Bonchev–Trinajstić information content (AvgIpc) is 2.27. The van der Waals surface area contributed by atoms with E-state index in [1.807, 2.05) is 37.3 Å². The number of aromatic nitrogens is 2. The Kier molecular flexibility index (Phi) is 38.9. The molecule has 0 N–H and O–H groups in total. The molecule has 436 valence electrons. The van der Waals surface area contributed by atoms with Gasteiger partial charge in [0.15, 0.2) is 6.29 Å². The van der Waals surface area contributed by atoms with Crippen molar-refractivity contribution in [3.05, 3.63) is 339 Å². The SMILES string of the molecule is CC=Cc1ccccn1.CCI.CC[P+](c1ccccc1)(c1ccccc1)c1ccccc1.CC[P+](c1ccccc1)(c1ccccc1)c1ccccc1.O=Cc1ccccn1.PP.[I-].[I-].c1ccc(P(c2ccccc2)c2ccccc2)cc1. The van der Waals surface area contributed by atoms with Crippen LogP contribution in [0.15, 0.2) is 328 Å². The monoisotopic (exact) mass is 1550 g/mol. The fourth-order valence-corrected chi connectivity index (χ4v) is 19.7. The van der Waals surface area contributed by atoms with Gasteiger partial charge in [-0.3, -0.25) is 14.8 Å². The van der Waals surface area contributed by atoms with Crippen molar-refractivity contribution in [2.75, 3.05) is 16.8 Å². The minimum atomic E-state index is -1.53. The summed E-state index contributed by atoms with van der Waals surface area (Å²) in [7, 11) is 1.15. The van der Waals surface area contributed by atoms with Crippen molar-refractivity contribution < 1.29 is 52.7 Å². The molecule has 0 saturated carbocycles. The largest absolute Gasteiger partial charge is 1.00 e. The van der Waals surface area contributed by atoms with Gasteiger partial charge in [-0.15, -0.1) is 17.9 Å². The molecule has 0 amide bonds. The number of allylic oxidation sites excluding steroid dienone is 1. The molecule has 2 atom stereocenters. The Labute approximate surface area is 563 Å². The Morgan fingerprint density at radius 1 is 0.365 bits per heavy atom. The number of aldehydes is 1. The van der Waals surface area contributed by atoms with Gasteiger partial charge in [0.2, 0.25) is 0 Å². The van der Waals surface area contributed by atoms with E-state index in [-0.39, 0.29) is 48.0 Å². The summed E-state index contributed by atoms with van der Waals surface area (Å²) >= 11 is 2.29. The summed E-state index contributed by atoms with van der Waals surface area (Å²) in [5.74, 6) is 0. The lowest BCUT2D eigenvalue weighted by Crippen LogP contribution is -3.00. The Balaban J connectivity index is 0.000000282. The molecule has 85 heavy (non-hydrogen) atoms. The van der Waals surface area contributed by atoms with E-state index >= 15 is 0 Å². The van der Waals surface area contributed by atoms with Crippen LogP contribution in [-0.2, 0) is 0 Å². The topological polar surface area (TPSA) is 42.9 Å². The second-order valence-electron chi connectivity index (χ2n) is 18.0. The number of hydrogen-bond acceptors (Lipinski definition) is 3. The molecule has 2 aromatic heterocycles. The normalized spacial score (nSPS) is 10.1. The molecule has 11 rings (SSSR count). The van der Waals surface area contributed by atoms with Gasteiger partial charge in [0.1, 0.15) is 52.0 Å². The van der Waals surface area contributed by atoms with E-state index < -0.39 is 22.4 Å². The molecule has 0 aliphatic heterocycles. The third-order valence-corrected chi connectivity index (χ3v) is 24.4. The standard InChI is InChI=1S/2C20H20P.C18H15P.C8H9N.C6H5NO.C2H5I.2HI.H4P2/c2*1-2-21(18-12-6-3-7-13-18,19-14-8-4-9-15-19)20-16-10-5-11-17-20;1-4-10-16(11-5-1)19(17-12-6-2-7-13-17)18-14-8-3-9-15-18;1-2-5-8-6-3-4-7-9-8;8-5-6-3-1-2-4-7-6;1-2-3;;;1-2/h2*3-17H,2H2,1H3;1-15H;2-7H,1H3;1-5H;2H2,1H3;2*1H;1-2H2/q2*+1;;;;;;;/p-2. The summed E-state index contributed by atoms with van der Waals surface area (Å²) in [5.41, 5.74) is 1.49. The van der Waals surface area contributed by atoms with Crippen LogP contribution in [0.25, 0.3) is 6.08 Å². The molecular weight excluding hydrogens is 1470 g/mol. The number of nitrogens with zero attached hydrogens (tertiary/aromatic N) is 2. The van der Waals surface area contributed by atoms with Gasteiger partial charge >= 0.3 is 0 Å². The fraction of sp³-hybridized carbons (Fsp3) is 0.0946. The molecule has 3 nitrogen and oxygen atoms in total. The molecular formula is C74H78I3N2OP5. The Morgan fingerprint density at radius 2 is 0.576 bits per heavy atom. The average molecular weight is 1550 g/mol. The van der Waals surface area contributed by atoms with Gasteiger partial charge in [-0.1, -0.05) is 248 Å². The third kappa shape index (κ3) is 23.2. The lowest BCUT2D eigenvalue weighted by molar-refractivity contribution is -0.001000. The maximum Gasteiger partial charge on any atom is 0.168 e. The maximum absolute atomic E-state index is 9.94. The van der Waals surface area contributed by atoms with Crippen LogP contribution in [0.1, 0.15) is 43.9 Å². The highest BCUT2D eigenvalue weighted by Crippen LogP contribution is 2.55. The zero-order valence-corrected chi connectivity index (χ0v) is 60.4. The van der Waals surface area contributed by atoms with Crippen LogP contribution in [0.3, 0.4) is 0 Å². The van der Waals surface area contributed by atoms with Crippen LogP contribution in [0.2, 0.25) is 0 Å². The molecule has 2 heterocycles. The number of rotatable bonds is 13. The first-order chi connectivity index (χ1) is 41.0. The maximum atomic E-state index is 9.94. The van der Waals surface area contributed by atoms with Gasteiger partial charge in [0, 0.05) is 12.4 Å². The molecule has 0 aliphatic carbocycles. The summed E-state index contributed by atoms with van der Waals surface area (Å²) < 4.78 is 1.22. The summed E-state index contributed by atoms with van der Waals surface area (Å²) in [6.07, 6.45) is 10.3. The van der Waals surface area contributed by atoms with Gasteiger partial charge in [-0.25, -0.2) is 0 Å². The second-order valence-corrected chi connectivity index (χ2v) is 29.3. The van der Waals surface area contributed by atoms with Crippen molar-refractivity contribution in [2.24, 2.45) is 0 Å². The first-order valence-corrected chi connectivity index (χ1v) is 37.3. The summed E-state index contributed by atoms with van der Waals surface area (Å²) in [6, 6.07) is 109. The number of benzene rings is 9. The smallest absolute Gasteiger partial charge is 0.168 e. The van der Waals surface area contributed by atoms with E-state index in [9.17, 15) is 4.79 Å². The van der Waals surface area contributed by atoms with Crippen LogP contribution < -0.4 is 95.7 Å². The predicted molar refractivity (Wildman–Crippen MR) is 389 cm³/mol. The Hall–Kier alpha value is -4.97. The number of hydrogen-bond donors (Lipinski definition) is 0. The zero-order chi connectivity index (χ0) is 59.1. The lowest BCUT2D eigenvalue weighted by Gasteiger charge is -2.26. The molecule has 11 heteroatoms. The molecule has 11 aromatic rings. The zero-order valence-electron chi connectivity index (χ0n) is 48.9. The molecule has 0 aliphatic rings. The lowest BCUT2D eigenvalue weighted by atomic mass is 10.3. The number of carbonyl (C=O) groups is 1. The molecule has 0 bridgehead atoms. The second kappa shape index (κ2) is 44.5. The number of halogens is 3. The molecule has 2 unspecified atom stereocenters. The van der Waals surface area contributed by atoms with E-state index in [4.69, 9.17) is 0 Å². The van der Waals surface area contributed by atoms with Crippen LogP contribution >= 0.6 is 62.9 Å². The summed E-state index contributed by atoms with van der Waals surface area (Å²) in [6.45, 7) is 8.73. The molecule has 0 saturated heterocycles. The number of alkyl halides is 1. The number of carbonyl (C=O) groups excluding carboxylic acids is 1. The van der Waals surface area contributed by atoms with Gasteiger partial charge < -0.3 is 48.0 Å². The highest BCUT2D eigenvalue weighted by atomic mass is 127. The van der Waals surface area contributed by atoms with Crippen molar-refractivity contribution in [3.63, 3.8) is 0 Å². The molecule has 9 aromatic carbocycles. The first kappa shape index (κ1) is 74.3. The van der Waals surface area contributed by atoms with E-state index in [1.54, 1.807) is 30.6 Å². The van der Waals surface area contributed by atoms with E-state index in [0.29, 0.717) is 5.69 Å². The quantitative estimate of drug-likeness (QED) is 0.0500. The number of pyridine rings is 2. The van der Waals surface area contributed by atoms with Crippen LogP contribution in [-0.4, -0.2) is 33.0 Å². The molecule has 0 radical (unpaired) electrons. The van der Waals surface area contributed by atoms with Crippen molar-refractivity contribution in [3.8, 4) is 0 Å². The predicted octanol–water partition coefficient (Wildman–Crippen LogP) is 10.6. The third-order valence-electron chi connectivity index (χ3n) is 13.0. The van der Waals surface area contributed by atoms with Gasteiger partial charge in [0.05, 0.1) is 18.0 Å². The van der Waals surface area contributed by atoms with Gasteiger partial charge in [-0.2, -0.15) is 0 Å². The fourth-order valence-electron chi connectivity index (χ4n) is 9.35. The summed E-state index contributed by atoms with van der Waals surface area (Å²) in [5, 5.41) is 13.0. The van der Waals surface area contributed by atoms with Crippen LogP contribution in [0.4, 0.5) is 0 Å². The minimum Gasteiger partial charge on any atom is -1.00 e. The first-order valence-electron chi connectivity index (χ1n) is 27.8. The van der Waals surface area contributed by atoms with E-state index in [0.717, 1.165) is 24.3 Å². The van der Waals surface area contributed by atoms with Crippen molar-refractivity contribution >= 4 is 123 Å². The van der Waals surface area contributed by atoms with E-state index in [1.165, 1.54) is 52.2 Å². The van der Waals surface area contributed by atoms with Gasteiger partial charge in [-0.05, 0) is 152 Å². The highest BCUT2D eigenvalue weighted by molar-refractivity contribution is 14.1. The summed E-state index contributed by atoms with van der Waals surface area (Å²) in [4.78, 5) is 17.8. The molecule has 0 spiro atoms. The van der Waals surface area contributed by atoms with Crippen molar-refractivity contribution in [2.45, 2.75) is 27.7 Å². The minimum absolute atomic E-state index is 0. The van der Waals surface area contributed by atoms with Crippen LogP contribution in [0.5, 0.6) is 0 Å². The highest BCUT2D eigenvalue weighted by Gasteiger charge is 2.44. The van der Waals surface area contributed by atoms with Crippen molar-refractivity contribution in [1.82, 2.24) is 9.97 Å².